The molecule has 0 unspecified atom stereocenters. The van der Waals surface area contributed by atoms with Gasteiger partial charge in [0, 0.05) is 17.6 Å². The molecular weight excluding hydrogens is 296 g/mol. The maximum Gasteiger partial charge on any atom is 0.311 e. The Bertz CT molecular complexity index is 556. The summed E-state index contributed by atoms with van der Waals surface area (Å²) < 4.78 is 0. The molecule has 2 rings (SSSR count). The van der Waals surface area contributed by atoms with E-state index >= 15 is 0 Å². The maximum atomic E-state index is 11.6. The number of carbonyl (C=O) groups is 1. The van der Waals surface area contributed by atoms with Crippen molar-refractivity contribution in [3.05, 3.63) is 33.3 Å². The molecule has 0 heterocycles. The molecule has 7 heteroatoms. The number of hydrogen-bond acceptors (Lipinski definition) is 4. The molecule has 0 atom stereocenters. The number of nitro groups is 1. The summed E-state index contributed by atoms with van der Waals surface area (Å²) in [6.45, 7) is 0.185. The molecule has 0 saturated heterocycles. The first kappa shape index (κ1) is 15.6. The highest BCUT2D eigenvalue weighted by atomic mass is 35.5. The largest absolute Gasteiger partial charge is 0.481 e. The SMILES string of the molecule is O=C(O)C1(CNc2ccc(Cl)cc2[N+](=O)[O-])CCCCC1. The number of nitro benzene ring substituents is 1. The van der Waals surface area contributed by atoms with Gasteiger partial charge in [-0.15, -0.1) is 0 Å². The maximum absolute atomic E-state index is 11.6. The lowest BCUT2D eigenvalue weighted by molar-refractivity contribution is -0.384. The van der Waals surface area contributed by atoms with E-state index in [-0.39, 0.29) is 17.3 Å². The minimum atomic E-state index is -0.842. The van der Waals surface area contributed by atoms with Crippen molar-refractivity contribution in [2.45, 2.75) is 32.1 Å². The predicted octanol–water partition coefficient (Wildman–Crippen LogP) is 3.70. The van der Waals surface area contributed by atoms with Crippen LogP contribution in [0, 0.1) is 15.5 Å². The van der Waals surface area contributed by atoms with Gasteiger partial charge in [0.1, 0.15) is 5.69 Å². The van der Waals surface area contributed by atoms with Crippen LogP contribution in [0.4, 0.5) is 11.4 Å². The summed E-state index contributed by atoms with van der Waals surface area (Å²) in [7, 11) is 0. The summed E-state index contributed by atoms with van der Waals surface area (Å²) >= 11 is 5.76. The van der Waals surface area contributed by atoms with Gasteiger partial charge >= 0.3 is 5.97 Å². The van der Waals surface area contributed by atoms with Crippen molar-refractivity contribution >= 4 is 28.9 Å². The first-order valence-corrected chi connectivity index (χ1v) is 7.24. The molecule has 0 bridgehead atoms. The lowest BCUT2D eigenvalue weighted by Crippen LogP contribution is -2.39. The van der Waals surface area contributed by atoms with E-state index in [1.807, 2.05) is 0 Å². The Labute approximate surface area is 127 Å². The summed E-state index contributed by atoms with van der Waals surface area (Å²) in [5, 5.41) is 23.7. The van der Waals surface area contributed by atoms with E-state index in [2.05, 4.69) is 5.32 Å². The first-order chi connectivity index (χ1) is 9.94. The third-order valence-electron chi connectivity index (χ3n) is 4.04. The van der Waals surface area contributed by atoms with Crippen molar-refractivity contribution < 1.29 is 14.8 Å². The number of nitrogens with zero attached hydrogens (tertiary/aromatic N) is 1. The van der Waals surface area contributed by atoms with Gasteiger partial charge in [-0.25, -0.2) is 0 Å². The number of carboxylic acid groups (broad SMARTS) is 1. The molecule has 0 aliphatic heterocycles. The molecule has 0 radical (unpaired) electrons. The average molecular weight is 313 g/mol. The van der Waals surface area contributed by atoms with Crippen molar-refractivity contribution in [1.29, 1.82) is 0 Å². The van der Waals surface area contributed by atoms with Crippen LogP contribution in [-0.4, -0.2) is 22.5 Å². The second-order valence-corrected chi connectivity index (χ2v) is 5.85. The van der Waals surface area contributed by atoms with Gasteiger partial charge in [-0.1, -0.05) is 30.9 Å². The van der Waals surface area contributed by atoms with Crippen LogP contribution in [0.15, 0.2) is 18.2 Å². The fourth-order valence-electron chi connectivity index (χ4n) is 2.76. The van der Waals surface area contributed by atoms with Gasteiger partial charge in [0.15, 0.2) is 0 Å². The van der Waals surface area contributed by atoms with E-state index < -0.39 is 16.3 Å². The fraction of sp³-hybridized carbons (Fsp3) is 0.500. The molecular formula is C14H17ClN2O4. The lowest BCUT2D eigenvalue weighted by Gasteiger charge is -2.33. The zero-order chi connectivity index (χ0) is 15.5. The Balaban J connectivity index is 2.18. The van der Waals surface area contributed by atoms with Gasteiger partial charge in [0.05, 0.1) is 10.3 Å². The number of carboxylic acids is 1. The number of aliphatic carboxylic acids is 1. The van der Waals surface area contributed by atoms with E-state index in [0.29, 0.717) is 18.5 Å². The molecule has 1 aliphatic rings. The van der Waals surface area contributed by atoms with Crippen LogP contribution in [-0.2, 0) is 4.79 Å². The highest BCUT2D eigenvalue weighted by molar-refractivity contribution is 6.30. The van der Waals surface area contributed by atoms with Crippen LogP contribution in [0.3, 0.4) is 0 Å². The van der Waals surface area contributed by atoms with Crippen LogP contribution < -0.4 is 5.32 Å². The highest BCUT2D eigenvalue weighted by Crippen LogP contribution is 2.38. The smallest absolute Gasteiger partial charge is 0.311 e. The van der Waals surface area contributed by atoms with Crippen molar-refractivity contribution in [2.24, 2.45) is 5.41 Å². The Kier molecular flexibility index (Phi) is 4.67. The highest BCUT2D eigenvalue weighted by Gasteiger charge is 2.39. The van der Waals surface area contributed by atoms with Gasteiger partial charge in [-0.3, -0.25) is 14.9 Å². The van der Waals surface area contributed by atoms with Crippen LogP contribution >= 0.6 is 11.6 Å². The predicted molar refractivity (Wildman–Crippen MR) is 79.7 cm³/mol. The second kappa shape index (κ2) is 6.30. The number of rotatable bonds is 5. The molecule has 0 spiro atoms. The minimum Gasteiger partial charge on any atom is -0.481 e. The number of anilines is 1. The lowest BCUT2D eigenvalue weighted by atomic mass is 9.74. The van der Waals surface area contributed by atoms with Crippen molar-refractivity contribution in [2.75, 3.05) is 11.9 Å². The van der Waals surface area contributed by atoms with E-state index in [9.17, 15) is 20.0 Å². The summed E-state index contributed by atoms with van der Waals surface area (Å²) in [5.74, 6) is -0.841. The van der Waals surface area contributed by atoms with E-state index in [1.165, 1.54) is 12.1 Å². The van der Waals surface area contributed by atoms with E-state index in [0.717, 1.165) is 19.3 Å². The summed E-state index contributed by atoms with van der Waals surface area (Å²) in [6.07, 6.45) is 3.97. The van der Waals surface area contributed by atoms with Crippen molar-refractivity contribution in [3.8, 4) is 0 Å². The molecule has 1 aromatic carbocycles. The zero-order valence-electron chi connectivity index (χ0n) is 11.5. The molecule has 21 heavy (non-hydrogen) atoms. The second-order valence-electron chi connectivity index (χ2n) is 5.42. The van der Waals surface area contributed by atoms with Crippen LogP contribution in [0.2, 0.25) is 5.02 Å². The Hall–Kier alpha value is -1.82. The number of nitrogens with one attached hydrogen (secondary N) is 1. The average Bonchev–Trinajstić information content (AvgIpc) is 2.46. The van der Waals surface area contributed by atoms with Crippen molar-refractivity contribution in [3.63, 3.8) is 0 Å². The number of hydrogen-bond donors (Lipinski definition) is 2. The fourth-order valence-corrected chi connectivity index (χ4v) is 2.93. The molecule has 0 aromatic heterocycles. The number of halogens is 1. The van der Waals surface area contributed by atoms with Gasteiger partial charge in [-0.05, 0) is 25.0 Å². The summed E-state index contributed by atoms with van der Waals surface area (Å²) in [4.78, 5) is 22.1. The third-order valence-corrected chi connectivity index (χ3v) is 4.27. The van der Waals surface area contributed by atoms with Crippen LogP contribution in [0.25, 0.3) is 0 Å². The third kappa shape index (κ3) is 3.44. The molecule has 1 saturated carbocycles. The molecule has 2 N–H and O–H groups in total. The Morgan fingerprint density at radius 2 is 2.05 bits per heavy atom. The molecule has 6 nitrogen and oxygen atoms in total. The molecule has 114 valence electrons. The topological polar surface area (TPSA) is 92.5 Å². The van der Waals surface area contributed by atoms with Crippen molar-refractivity contribution in [1.82, 2.24) is 0 Å². The monoisotopic (exact) mass is 312 g/mol. The van der Waals surface area contributed by atoms with Gasteiger partial charge in [0.2, 0.25) is 0 Å². The van der Waals surface area contributed by atoms with Gasteiger partial charge in [-0.2, -0.15) is 0 Å². The quantitative estimate of drug-likeness (QED) is 0.639. The molecule has 1 aromatic rings. The molecule has 1 fully saturated rings. The summed E-state index contributed by atoms with van der Waals surface area (Å²) in [5.41, 5.74) is -0.680. The Morgan fingerprint density at radius 3 is 2.62 bits per heavy atom. The van der Waals surface area contributed by atoms with Crippen LogP contribution in [0.1, 0.15) is 32.1 Å². The van der Waals surface area contributed by atoms with Crippen LogP contribution in [0.5, 0.6) is 0 Å². The minimum absolute atomic E-state index is 0.140. The number of benzene rings is 1. The van der Waals surface area contributed by atoms with E-state index in [4.69, 9.17) is 11.6 Å². The Morgan fingerprint density at radius 1 is 1.38 bits per heavy atom. The first-order valence-electron chi connectivity index (χ1n) is 6.86. The molecule has 0 amide bonds. The molecule has 1 aliphatic carbocycles. The van der Waals surface area contributed by atoms with E-state index in [1.54, 1.807) is 6.07 Å². The van der Waals surface area contributed by atoms with Gasteiger partial charge in [0.25, 0.3) is 5.69 Å². The zero-order valence-corrected chi connectivity index (χ0v) is 12.2. The normalized spacial score (nSPS) is 17.2. The van der Waals surface area contributed by atoms with Gasteiger partial charge < -0.3 is 10.4 Å². The summed E-state index contributed by atoms with van der Waals surface area (Å²) in [6, 6.07) is 4.32. The standard InChI is InChI=1S/C14H17ClN2O4/c15-10-4-5-11(12(8-10)17(20)21)16-9-14(13(18)19)6-2-1-3-7-14/h4-5,8,16H,1-3,6-7,9H2,(H,18,19).